The molecule has 18 heavy (non-hydrogen) atoms. The molecule has 4 heteroatoms. The van der Waals surface area contributed by atoms with Gasteiger partial charge < -0.3 is 5.11 Å². The second kappa shape index (κ2) is 5.93. The first kappa shape index (κ1) is 12.3. The number of hydrogen-bond acceptors (Lipinski definition) is 3. The molecule has 0 aliphatic rings. The van der Waals surface area contributed by atoms with Gasteiger partial charge >= 0.3 is 0 Å². The molecule has 0 amide bonds. The van der Waals surface area contributed by atoms with Gasteiger partial charge in [-0.1, -0.05) is 36.4 Å². The minimum absolute atomic E-state index is 0.140. The van der Waals surface area contributed by atoms with Crippen LogP contribution in [0.3, 0.4) is 0 Å². The molecule has 0 saturated carbocycles. The van der Waals surface area contributed by atoms with Crippen molar-refractivity contribution in [2.75, 3.05) is 0 Å². The smallest absolute Gasteiger partial charge is 0.113 e. The van der Waals surface area contributed by atoms with Crippen molar-refractivity contribution in [3.63, 3.8) is 0 Å². The van der Waals surface area contributed by atoms with Gasteiger partial charge in [-0.25, -0.2) is 0 Å². The molecular weight excluding hydrogens is 226 g/mol. The second-order valence-electron chi connectivity index (χ2n) is 3.96. The Morgan fingerprint density at radius 3 is 2.39 bits per heavy atom. The summed E-state index contributed by atoms with van der Waals surface area (Å²) in [6, 6.07) is 15.5. The van der Waals surface area contributed by atoms with E-state index < -0.39 is 0 Å². The standard InChI is InChI=1S/C7H7N3.C7H8O/c1-5-2-3-6-7(4-5)9-10-8-6;8-6-7-4-2-1-3-5-7/h2-4H,1H3,(H,8,9,10);1-5,8H,6H2. The third kappa shape index (κ3) is 3.15. The number of nitrogens with zero attached hydrogens (tertiary/aromatic N) is 2. The molecule has 2 aromatic carbocycles. The van der Waals surface area contributed by atoms with Crippen molar-refractivity contribution in [3.05, 3.63) is 59.7 Å². The number of benzene rings is 2. The van der Waals surface area contributed by atoms with Crippen molar-refractivity contribution in [1.82, 2.24) is 15.4 Å². The number of aromatic amines is 1. The number of aliphatic hydroxyl groups excluding tert-OH is 1. The molecule has 0 bridgehead atoms. The topological polar surface area (TPSA) is 61.8 Å². The fraction of sp³-hybridized carbons (Fsp3) is 0.143. The molecule has 0 aliphatic heterocycles. The van der Waals surface area contributed by atoms with Gasteiger partial charge in [-0.15, -0.1) is 0 Å². The number of aromatic nitrogens is 3. The summed E-state index contributed by atoms with van der Waals surface area (Å²) in [6.45, 7) is 2.18. The molecule has 0 radical (unpaired) electrons. The summed E-state index contributed by atoms with van der Waals surface area (Å²) in [4.78, 5) is 0. The van der Waals surface area contributed by atoms with Crippen LogP contribution >= 0.6 is 0 Å². The summed E-state index contributed by atoms with van der Waals surface area (Å²) in [5, 5.41) is 19.0. The van der Waals surface area contributed by atoms with E-state index in [1.165, 1.54) is 5.56 Å². The Labute approximate surface area is 105 Å². The molecule has 0 saturated heterocycles. The van der Waals surface area contributed by atoms with Crippen LogP contribution in [0.2, 0.25) is 0 Å². The average Bonchev–Trinajstić information content (AvgIpc) is 2.87. The number of aryl methyl sites for hydroxylation is 1. The summed E-state index contributed by atoms with van der Waals surface area (Å²) < 4.78 is 0. The van der Waals surface area contributed by atoms with Crippen LogP contribution in [0.15, 0.2) is 48.5 Å². The van der Waals surface area contributed by atoms with Crippen molar-refractivity contribution in [2.45, 2.75) is 13.5 Å². The van der Waals surface area contributed by atoms with Crippen LogP contribution in [-0.4, -0.2) is 20.5 Å². The Hall–Kier alpha value is -2.20. The van der Waals surface area contributed by atoms with Gasteiger partial charge in [0.2, 0.25) is 0 Å². The lowest BCUT2D eigenvalue weighted by molar-refractivity contribution is 0.282. The fourth-order valence-electron chi connectivity index (χ4n) is 1.53. The van der Waals surface area contributed by atoms with E-state index in [-0.39, 0.29) is 6.61 Å². The molecule has 4 nitrogen and oxygen atoms in total. The maximum absolute atomic E-state index is 8.54. The first-order chi connectivity index (χ1) is 8.79. The first-order valence-electron chi connectivity index (χ1n) is 5.71. The number of hydrogen-bond donors (Lipinski definition) is 2. The van der Waals surface area contributed by atoms with Crippen molar-refractivity contribution >= 4 is 11.0 Å². The molecule has 92 valence electrons. The zero-order valence-corrected chi connectivity index (χ0v) is 10.2. The molecule has 0 atom stereocenters. The molecule has 3 rings (SSSR count). The van der Waals surface area contributed by atoms with E-state index >= 15 is 0 Å². The highest BCUT2D eigenvalue weighted by Crippen LogP contribution is 2.08. The number of aliphatic hydroxyl groups is 1. The van der Waals surface area contributed by atoms with E-state index in [0.717, 1.165) is 16.6 Å². The third-order valence-electron chi connectivity index (χ3n) is 2.50. The third-order valence-corrected chi connectivity index (χ3v) is 2.50. The van der Waals surface area contributed by atoms with Crippen molar-refractivity contribution in [3.8, 4) is 0 Å². The number of nitrogens with one attached hydrogen (secondary N) is 1. The van der Waals surface area contributed by atoms with E-state index in [2.05, 4.69) is 15.4 Å². The molecular formula is C14H15N3O. The van der Waals surface area contributed by atoms with Gasteiger partial charge in [0.15, 0.2) is 0 Å². The Balaban J connectivity index is 0.000000138. The van der Waals surface area contributed by atoms with Crippen LogP contribution in [-0.2, 0) is 6.61 Å². The monoisotopic (exact) mass is 241 g/mol. The lowest BCUT2D eigenvalue weighted by Crippen LogP contribution is -1.77. The maximum atomic E-state index is 8.54. The number of H-pyrrole nitrogens is 1. The summed E-state index contributed by atoms with van der Waals surface area (Å²) in [5.41, 5.74) is 4.03. The van der Waals surface area contributed by atoms with E-state index in [0.29, 0.717) is 0 Å². The summed E-state index contributed by atoms with van der Waals surface area (Å²) in [5.74, 6) is 0. The molecule has 3 aromatic rings. The normalized spacial score (nSPS) is 9.89. The quantitative estimate of drug-likeness (QED) is 0.688. The molecule has 0 unspecified atom stereocenters. The van der Waals surface area contributed by atoms with Crippen LogP contribution in [0, 0.1) is 6.92 Å². The van der Waals surface area contributed by atoms with Crippen molar-refractivity contribution in [1.29, 1.82) is 0 Å². The van der Waals surface area contributed by atoms with E-state index in [4.69, 9.17) is 5.11 Å². The molecule has 0 fully saturated rings. The van der Waals surface area contributed by atoms with Gasteiger partial charge in [0.05, 0.1) is 6.61 Å². The molecule has 0 spiro atoms. The van der Waals surface area contributed by atoms with E-state index in [1.807, 2.05) is 55.5 Å². The van der Waals surface area contributed by atoms with E-state index in [9.17, 15) is 0 Å². The minimum Gasteiger partial charge on any atom is -0.392 e. The van der Waals surface area contributed by atoms with Gasteiger partial charge in [-0.3, -0.25) is 0 Å². The molecule has 1 heterocycles. The highest BCUT2D eigenvalue weighted by Gasteiger charge is 1.94. The van der Waals surface area contributed by atoms with Gasteiger partial charge in [0.25, 0.3) is 0 Å². The van der Waals surface area contributed by atoms with Gasteiger partial charge in [-0.2, -0.15) is 15.4 Å². The number of fused-ring (bicyclic) bond motifs is 1. The Morgan fingerprint density at radius 1 is 1.00 bits per heavy atom. The summed E-state index contributed by atoms with van der Waals surface area (Å²) in [6.07, 6.45) is 0. The first-order valence-corrected chi connectivity index (χ1v) is 5.71. The Kier molecular flexibility index (Phi) is 4.04. The molecule has 1 aromatic heterocycles. The van der Waals surface area contributed by atoms with Crippen molar-refractivity contribution in [2.24, 2.45) is 0 Å². The van der Waals surface area contributed by atoms with Crippen LogP contribution in [0.25, 0.3) is 11.0 Å². The largest absolute Gasteiger partial charge is 0.392 e. The molecule has 0 aliphatic carbocycles. The van der Waals surface area contributed by atoms with Crippen LogP contribution < -0.4 is 0 Å². The highest BCUT2D eigenvalue weighted by molar-refractivity contribution is 5.73. The van der Waals surface area contributed by atoms with E-state index in [1.54, 1.807) is 0 Å². The minimum atomic E-state index is 0.140. The summed E-state index contributed by atoms with van der Waals surface area (Å²) in [7, 11) is 0. The maximum Gasteiger partial charge on any atom is 0.113 e. The van der Waals surface area contributed by atoms with Gasteiger partial charge in [0.1, 0.15) is 11.0 Å². The Bertz CT molecular complexity index is 605. The SMILES string of the molecule is Cc1ccc2n[nH]nc2c1.OCc1ccccc1. The van der Waals surface area contributed by atoms with Crippen LogP contribution in [0.4, 0.5) is 0 Å². The van der Waals surface area contributed by atoms with Gasteiger partial charge in [-0.05, 0) is 30.2 Å². The fourth-order valence-corrected chi connectivity index (χ4v) is 1.53. The van der Waals surface area contributed by atoms with Crippen molar-refractivity contribution < 1.29 is 5.11 Å². The van der Waals surface area contributed by atoms with Gasteiger partial charge in [0, 0.05) is 0 Å². The lowest BCUT2D eigenvalue weighted by Gasteiger charge is -1.89. The predicted molar refractivity (Wildman–Crippen MR) is 71.0 cm³/mol. The zero-order valence-electron chi connectivity index (χ0n) is 10.2. The Morgan fingerprint density at radius 2 is 1.72 bits per heavy atom. The van der Waals surface area contributed by atoms with Crippen LogP contribution in [0.5, 0.6) is 0 Å². The zero-order chi connectivity index (χ0) is 12.8. The number of rotatable bonds is 1. The second-order valence-corrected chi connectivity index (χ2v) is 3.96. The lowest BCUT2D eigenvalue weighted by atomic mass is 10.2. The summed E-state index contributed by atoms with van der Waals surface area (Å²) >= 11 is 0. The molecule has 2 N–H and O–H groups in total. The predicted octanol–water partition coefficient (Wildman–Crippen LogP) is 2.45. The highest BCUT2D eigenvalue weighted by atomic mass is 16.3. The van der Waals surface area contributed by atoms with Crippen LogP contribution in [0.1, 0.15) is 11.1 Å². The average molecular weight is 241 g/mol.